The Morgan fingerprint density at radius 2 is 1.94 bits per heavy atom. The minimum Gasteiger partial charge on any atom is -0.460 e. The van der Waals surface area contributed by atoms with Crippen LogP contribution in [0.1, 0.15) is 27.2 Å². The molecule has 1 N–H and O–H groups in total. The van der Waals surface area contributed by atoms with Crippen LogP contribution in [0.15, 0.2) is 11.6 Å². The fourth-order valence-corrected chi connectivity index (χ4v) is 1.03. The summed E-state index contributed by atoms with van der Waals surface area (Å²) in [5.74, 6) is -0.298. The Labute approximate surface area is 98.0 Å². The molecule has 0 amide bonds. The molecule has 0 unspecified atom stereocenters. The molecule has 0 saturated heterocycles. The van der Waals surface area contributed by atoms with E-state index in [4.69, 9.17) is 9.47 Å². The number of carbonyl (C=O) groups excluding carboxylic acids is 1. The zero-order chi connectivity index (χ0) is 12.2. The first-order valence-electron chi connectivity index (χ1n) is 5.77. The van der Waals surface area contributed by atoms with Crippen LogP contribution in [0, 0.1) is 0 Å². The second-order valence-corrected chi connectivity index (χ2v) is 3.75. The maximum absolute atomic E-state index is 11.1. The van der Waals surface area contributed by atoms with Gasteiger partial charge >= 0.3 is 5.97 Å². The predicted molar refractivity (Wildman–Crippen MR) is 64.4 cm³/mol. The standard InChI is InChI=1S/C12H23NO3/c1-4-5-13-6-7-15-8-9-16-12(14)10-11(2)3/h10,13H,4-9H2,1-3H3. The lowest BCUT2D eigenvalue weighted by Crippen LogP contribution is -2.21. The highest BCUT2D eigenvalue weighted by molar-refractivity contribution is 5.82. The van der Waals surface area contributed by atoms with Gasteiger partial charge in [-0.1, -0.05) is 12.5 Å². The highest BCUT2D eigenvalue weighted by Crippen LogP contribution is 1.90. The van der Waals surface area contributed by atoms with Crippen molar-refractivity contribution in [3.8, 4) is 0 Å². The molecule has 4 nitrogen and oxygen atoms in total. The first-order valence-corrected chi connectivity index (χ1v) is 5.77. The van der Waals surface area contributed by atoms with Crippen molar-refractivity contribution in [2.75, 3.05) is 32.9 Å². The molecule has 0 aromatic carbocycles. The first-order chi connectivity index (χ1) is 7.66. The van der Waals surface area contributed by atoms with Gasteiger partial charge in [-0.15, -0.1) is 0 Å². The molecule has 16 heavy (non-hydrogen) atoms. The van der Waals surface area contributed by atoms with Gasteiger partial charge in [-0.25, -0.2) is 4.79 Å². The summed E-state index contributed by atoms with van der Waals surface area (Å²) in [6.45, 7) is 9.12. The van der Waals surface area contributed by atoms with Crippen molar-refractivity contribution in [1.29, 1.82) is 0 Å². The van der Waals surface area contributed by atoms with Crippen molar-refractivity contribution in [3.05, 3.63) is 11.6 Å². The van der Waals surface area contributed by atoms with Crippen LogP contribution < -0.4 is 5.32 Å². The molecule has 4 heteroatoms. The lowest BCUT2D eigenvalue weighted by atomic mass is 10.3. The molecule has 0 aliphatic carbocycles. The van der Waals surface area contributed by atoms with Crippen molar-refractivity contribution >= 4 is 5.97 Å². The molecule has 0 aromatic rings. The van der Waals surface area contributed by atoms with Gasteiger partial charge in [0.25, 0.3) is 0 Å². The molecular weight excluding hydrogens is 206 g/mol. The Morgan fingerprint density at radius 1 is 1.19 bits per heavy atom. The van der Waals surface area contributed by atoms with E-state index in [0.717, 1.165) is 25.1 Å². The van der Waals surface area contributed by atoms with Gasteiger partial charge in [-0.3, -0.25) is 0 Å². The third-order valence-electron chi connectivity index (χ3n) is 1.73. The molecule has 0 heterocycles. The van der Waals surface area contributed by atoms with Gasteiger partial charge in [-0.05, 0) is 26.8 Å². The fraction of sp³-hybridized carbons (Fsp3) is 0.750. The molecule has 0 saturated carbocycles. The molecule has 0 aromatic heterocycles. The summed E-state index contributed by atoms with van der Waals surface area (Å²) in [5.41, 5.74) is 0.940. The molecule has 0 spiro atoms. The van der Waals surface area contributed by atoms with Gasteiger partial charge in [0.05, 0.1) is 13.2 Å². The molecule has 0 atom stereocenters. The lowest BCUT2D eigenvalue weighted by Gasteiger charge is -2.05. The average Bonchev–Trinajstić information content (AvgIpc) is 2.21. The number of nitrogens with one attached hydrogen (secondary N) is 1. The third kappa shape index (κ3) is 11.2. The van der Waals surface area contributed by atoms with Crippen LogP contribution in [0.2, 0.25) is 0 Å². The molecule has 94 valence electrons. The van der Waals surface area contributed by atoms with Crippen LogP contribution in [0.25, 0.3) is 0 Å². The number of carbonyl (C=O) groups is 1. The van der Waals surface area contributed by atoms with E-state index in [2.05, 4.69) is 12.2 Å². The van der Waals surface area contributed by atoms with Gasteiger partial charge in [-0.2, -0.15) is 0 Å². The Balaban J connectivity index is 3.21. The van der Waals surface area contributed by atoms with Crippen LogP contribution >= 0.6 is 0 Å². The Hall–Kier alpha value is -0.870. The summed E-state index contributed by atoms with van der Waals surface area (Å²) in [5, 5.41) is 3.22. The molecule has 0 aliphatic rings. The van der Waals surface area contributed by atoms with Crippen LogP contribution in [0.4, 0.5) is 0 Å². The monoisotopic (exact) mass is 229 g/mol. The number of allylic oxidation sites excluding steroid dienone is 1. The lowest BCUT2D eigenvalue weighted by molar-refractivity contribution is -0.139. The average molecular weight is 229 g/mol. The zero-order valence-corrected chi connectivity index (χ0v) is 10.5. The summed E-state index contributed by atoms with van der Waals surface area (Å²) >= 11 is 0. The predicted octanol–water partition coefficient (Wildman–Crippen LogP) is 1.51. The SMILES string of the molecule is CCCNCCOCCOC(=O)C=C(C)C. The van der Waals surface area contributed by atoms with E-state index in [1.807, 2.05) is 13.8 Å². The van der Waals surface area contributed by atoms with Gasteiger partial charge in [0.15, 0.2) is 0 Å². The largest absolute Gasteiger partial charge is 0.460 e. The highest BCUT2D eigenvalue weighted by Gasteiger charge is 1.97. The molecule has 0 radical (unpaired) electrons. The van der Waals surface area contributed by atoms with Crippen molar-refractivity contribution in [3.63, 3.8) is 0 Å². The Bertz CT molecular complexity index is 210. The second kappa shape index (κ2) is 10.6. The van der Waals surface area contributed by atoms with Crippen LogP contribution in [-0.2, 0) is 14.3 Å². The van der Waals surface area contributed by atoms with Crippen molar-refractivity contribution in [2.45, 2.75) is 27.2 Å². The molecule has 0 aliphatic heterocycles. The minimum absolute atomic E-state index is 0.298. The summed E-state index contributed by atoms with van der Waals surface area (Å²) in [6, 6.07) is 0. The van der Waals surface area contributed by atoms with E-state index in [1.54, 1.807) is 0 Å². The maximum atomic E-state index is 11.1. The van der Waals surface area contributed by atoms with E-state index in [9.17, 15) is 4.79 Å². The summed E-state index contributed by atoms with van der Waals surface area (Å²) in [7, 11) is 0. The Kier molecular flexibility index (Phi) is 10.1. The van der Waals surface area contributed by atoms with Gasteiger partial charge < -0.3 is 14.8 Å². The van der Waals surface area contributed by atoms with Crippen LogP contribution in [-0.4, -0.2) is 38.9 Å². The van der Waals surface area contributed by atoms with E-state index >= 15 is 0 Å². The smallest absolute Gasteiger partial charge is 0.330 e. The molecule has 0 bridgehead atoms. The zero-order valence-electron chi connectivity index (χ0n) is 10.5. The second-order valence-electron chi connectivity index (χ2n) is 3.75. The fourth-order valence-electron chi connectivity index (χ4n) is 1.03. The quantitative estimate of drug-likeness (QED) is 0.370. The van der Waals surface area contributed by atoms with Crippen LogP contribution in [0.5, 0.6) is 0 Å². The topological polar surface area (TPSA) is 47.6 Å². The van der Waals surface area contributed by atoms with Crippen molar-refractivity contribution < 1.29 is 14.3 Å². The number of ether oxygens (including phenoxy) is 2. The normalized spacial score (nSPS) is 9.94. The van der Waals surface area contributed by atoms with E-state index in [1.165, 1.54) is 6.08 Å². The number of hydrogen-bond donors (Lipinski definition) is 1. The summed E-state index contributed by atoms with van der Waals surface area (Å²) < 4.78 is 10.2. The Morgan fingerprint density at radius 3 is 2.56 bits per heavy atom. The molecular formula is C12H23NO3. The van der Waals surface area contributed by atoms with Crippen LogP contribution in [0.3, 0.4) is 0 Å². The van der Waals surface area contributed by atoms with Crippen molar-refractivity contribution in [2.24, 2.45) is 0 Å². The van der Waals surface area contributed by atoms with Gasteiger partial charge in [0, 0.05) is 12.6 Å². The maximum Gasteiger partial charge on any atom is 0.330 e. The minimum atomic E-state index is -0.298. The summed E-state index contributed by atoms with van der Waals surface area (Å²) in [4.78, 5) is 11.1. The third-order valence-corrected chi connectivity index (χ3v) is 1.73. The van der Waals surface area contributed by atoms with Gasteiger partial charge in [0.1, 0.15) is 6.61 Å². The molecule has 0 fully saturated rings. The number of hydrogen-bond acceptors (Lipinski definition) is 4. The van der Waals surface area contributed by atoms with Gasteiger partial charge in [0.2, 0.25) is 0 Å². The van der Waals surface area contributed by atoms with E-state index < -0.39 is 0 Å². The summed E-state index contributed by atoms with van der Waals surface area (Å²) in [6.07, 6.45) is 2.60. The van der Waals surface area contributed by atoms with E-state index in [0.29, 0.717) is 19.8 Å². The first kappa shape index (κ1) is 15.1. The van der Waals surface area contributed by atoms with E-state index in [-0.39, 0.29) is 5.97 Å². The number of rotatable bonds is 9. The van der Waals surface area contributed by atoms with Crippen molar-refractivity contribution in [1.82, 2.24) is 5.32 Å². The number of esters is 1. The highest BCUT2D eigenvalue weighted by atomic mass is 16.6. The molecule has 0 rings (SSSR count).